The summed E-state index contributed by atoms with van der Waals surface area (Å²) in [4.78, 5) is 4.50. The lowest BCUT2D eigenvalue weighted by atomic mass is 10.2. The number of halogens is 1. The molecule has 0 bridgehead atoms. The summed E-state index contributed by atoms with van der Waals surface area (Å²) >= 11 is 1.51. The Balaban J connectivity index is 2.31. The van der Waals surface area contributed by atoms with Gasteiger partial charge in [0.05, 0.1) is 12.8 Å². The highest BCUT2D eigenvalue weighted by molar-refractivity contribution is 7.13. The fourth-order valence-corrected chi connectivity index (χ4v) is 2.48. The van der Waals surface area contributed by atoms with Gasteiger partial charge >= 0.3 is 0 Å². The molecule has 1 aromatic carbocycles. The lowest BCUT2D eigenvalue weighted by Gasteiger charge is -2.05. The van der Waals surface area contributed by atoms with Gasteiger partial charge in [0.15, 0.2) is 11.6 Å². The SMILES string of the molecule is CNC(C)c1csc(-c2ccc(OC)c(F)c2)n1. The molecule has 2 aromatic rings. The van der Waals surface area contributed by atoms with Gasteiger partial charge in [-0.15, -0.1) is 11.3 Å². The van der Waals surface area contributed by atoms with Crippen molar-refractivity contribution in [2.24, 2.45) is 0 Å². The number of nitrogens with zero attached hydrogens (tertiary/aromatic N) is 1. The Morgan fingerprint density at radius 1 is 1.44 bits per heavy atom. The molecule has 0 aliphatic rings. The van der Waals surface area contributed by atoms with E-state index in [1.165, 1.54) is 24.5 Å². The summed E-state index contributed by atoms with van der Waals surface area (Å²) in [5.74, 6) is -0.118. The van der Waals surface area contributed by atoms with E-state index < -0.39 is 0 Å². The Morgan fingerprint density at radius 2 is 2.22 bits per heavy atom. The first kappa shape index (κ1) is 13.0. The zero-order chi connectivity index (χ0) is 13.1. The lowest BCUT2D eigenvalue weighted by Crippen LogP contribution is -2.12. The van der Waals surface area contributed by atoms with E-state index in [1.807, 2.05) is 25.4 Å². The van der Waals surface area contributed by atoms with E-state index in [0.29, 0.717) is 0 Å². The second kappa shape index (κ2) is 5.46. The van der Waals surface area contributed by atoms with Crippen LogP contribution in [0.2, 0.25) is 0 Å². The summed E-state index contributed by atoms with van der Waals surface area (Å²) in [6.07, 6.45) is 0. The molecule has 0 spiro atoms. The highest BCUT2D eigenvalue weighted by Gasteiger charge is 2.11. The maximum Gasteiger partial charge on any atom is 0.165 e. The van der Waals surface area contributed by atoms with Gasteiger partial charge in [-0.05, 0) is 32.2 Å². The first-order valence-corrected chi connectivity index (χ1v) is 6.50. The molecule has 1 heterocycles. The molecule has 1 aromatic heterocycles. The van der Waals surface area contributed by atoms with Crippen molar-refractivity contribution in [3.63, 3.8) is 0 Å². The summed E-state index contributed by atoms with van der Waals surface area (Å²) in [6, 6.07) is 5.07. The van der Waals surface area contributed by atoms with E-state index in [4.69, 9.17) is 4.74 Å². The van der Waals surface area contributed by atoms with Crippen LogP contribution in [-0.4, -0.2) is 19.1 Å². The molecule has 96 valence electrons. The fraction of sp³-hybridized carbons (Fsp3) is 0.308. The number of rotatable bonds is 4. The number of ether oxygens (including phenoxy) is 1. The number of aromatic nitrogens is 1. The molecule has 5 heteroatoms. The largest absolute Gasteiger partial charge is 0.494 e. The van der Waals surface area contributed by atoms with Crippen molar-refractivity contribution in [3.05, 3.63) is 35.1 Å². The van der Waals surface area contributed by atoms with Gasteiger partial charge in [0.25, 0.3) is 0 Å². The predicted octanol–water partition coefficient (Wildman–Crippen LogP) is 3.24. The van der Waals surface area contributed by atoms with Crippen LogP contribution in [0.15, 0.2) is 23.6 Å². The maximum absolute atomic E-state index is 13.6. The van der Waals surface area contributed by atoms with Crippen LogP contribution < -0.4 is 10.1 Å². The summed E-state index contributed by atoms with van der Waals surface area (Å²) < 4.78 is 18.5. The molecule has 0 aliphatic carbocycles. The molecule has 3 nitrogen and oxygen atoms in total. The van der Waals surface area contributed by atoms with E-state index in [9.17, 15) is 4.39 Å². The first-order chi connectivity index (χ1) is 8.65. The maximum atomic E-state index is 13.6. The van der Waals surface area contributed by atoms with Gasteiger partial charge in [-0.2, -0.15) is 0 Å². The second-order valence-corrected chi connectivity index (χ2v) is 4.80. The summed E-state index contributed by atoms with van der Waals surface area (Å²) in [5, 5.41) is 5.92. The smallest absolute Gasteiger partial charge is 0.165 e. The van der Waals surface area contributed by atoms with Gasteiger partial charge in [-0.1, -0.05) is 0 Å². The molecule has 18 heavy (non-hydrogen) atoms. The number of thiazole rings is 1. The third-order valence-electron chi connectivity index (χ3n) is 2.80. The van der Waals surface area contributed by atoms with E-state index in [0.717, 1.165) is 16.3 Å². The van der Waals surface area contributed by atoms with E-state index in [1.54, 1.807) is 6.07 Å². The second-order valence-electron chi connectivity index (χ2n) is 3.94. The van der Waals surface area contributed by atoms with Crippen LogP contribution in [0, 0.1) is 5.82 Å². The van der Waals surface area contributed by atoms with Crippen molar-refractivity contribution < 1.29 is 9.13 Å². The minimum absolute atomic E-state index is 0.193. The first-order valence-electron chi connectivity index (χ1n) is 5.62. The Hall–Kier alpha value is -1.46. The highest BCUT2D eigenvalue weighted by atomic mass is 32.1. The van der Waals surface area contributed by atoms with Gasteiger partial charge in [-0.25, -0.2) is 9.37 Å². The summed E-state index contributed by atoms with van der Waals surface area (Å²) in [5.41, 5.74) is 1.74. The summed E-state index contributed by atoms with van der Waals surface area (Å²) in [6.45, 7) is 2.04. The predicted molar refractivity (Wildman–Crippen MR) is 71.5 cm³/mol. The Bertz CT molecular complexity index is 542. The Morgan fingerprint density at radius 3 is 2.83 bits per heavy atom. The van der Waals surface area contributed by atoms with E-state index in [-0.39, 0.29) is 17.6 Å². The molecule has 1 N–H and O–H groups in total. The Kier molecular flexibility index (Phi) is 3.93. The minimum atomic E-state index is -0.367. The fourth-order valence-electron chi connectivity index (χ4n) is 1.56. The molecule has 0 radical (unpaired) electrons. The number of hydrogen-bond donors (Lipinski definition) is 1. The molecule has 0 aliphatic heterocycles. The molecular weight excluding hydrogens is 251 g/mol. The monoisotopic (exact) mass is 266 g/mol. The lowest BCUT2D eigenvalue weighted by molar-refractivity contribution is 0.386. The van der Waals surface area contributed by atoms with Crippen LogP contribution in [0.4, 0.5) is 4.39 Å². The average Bonchev–Trinajstić information content (AvgIpc) is 2.87. The van der Waals surface area contributed by atoms with Crippen molar-refractivity contribution in [1.29, 1.82) is 0 Å². The third-order valence-corrected chi connectivity index (χ3v) is 3.71. The highest BCUT2D eigenvalue weighted by Crippen LogP contribution is 2.29. The van der Waals surface area contributed by atoms with Gasteiger partial charge in [-0.3, -0.25) is 0 Å². The van der Waals surface area contributed by atoms with Crippen molar-refractivity contribution in [3.8, 4) is 16.3 Å². The molecule has 0 saturated heterocycles. The van der Waals surface area contributed by atoms with Gasteiger partial charge < -0.3 is 10.1 Å². The molecule has 1 atom stereocenters. The average molecular weight is 266 g/mol. The molecule has 2 rings (SSSR count). The van der Waals surface area contributed by atoms with Crippen LogP contribution in [0.1, 0.15) is 18.7 Å². The third kappa shape index (κ3) is 2.52. The number of nitrogens with one attached hydrogen (secondary N) is 1. The van der Waals surface area contributed by atoms with Crippen LogP contribution in [0.3, 0.4) is 0 Å². The van der Waals surface area contributed by atoms with Crippen LogP contribution >= 0.6 is 11.3 Å². The standard InChI is InChI=1S/C13H15FN2OS/c1-8(15-2)11-7-18-13(16-11)9-4-5-12(17-3)10(14)6-9/h4-8,15H,1-3H3. The zero-order valence-corrected chi connectivity index (χ0v) is 11.3. The molecule has 0 amide bonds. The van der Waals surface area contributed by atoms with Crippen molar-refractivity contribution in [2.75, 3.05) is 14.2 Å². The van der Waals surface area contributed by atoms with Gasteiger partial charge in [0.1, 0.15) is 5.01 Å². The van der Waals surface area contributed by atoms with E-state index in [2.05, 4.69) is 10.3 Å². The molecular formula is C13H15FN2OS. The minimum Gasteiger partial charge on any atom is -0.494 e. The van der Waals surface area contributed by atoms with E-state index >= 15 is 0 Å². The van der Waals surface area contributed by atoms with Gasteiger partial charge in [0, 0.05) is 17.0 Å². The zero-order valence-electron chi connectivity index (χ0n) is 10.5. The van der Waals surface area contributed by atoms with Crippen LogP contribution in [-0.2, 0) is 0 Å². The quantitative estimate of drug-likeness (QED) is 0.922. The molecule has 0 fully saturated rings. The molecule has 1 unspecified atom stereocenters. The number of methoxy groups -OCH3 is 1. The molecule has 0 saturated carbocycles. The van der Waals surface area contributed by atoms with Crippen LogP contribution in [0.25, 0.3) is 10.6 Å². The Labute approximate surface area is 110 Å². The number of hydrogen-bond acceptors (Lipinski definition) is 4. The normalized spacial score (nSPS) is 12.4. The van der Waals surface area contributed by atoms with Crippen LogP contribution in [0.5, 0.6) is 5.75 Å². The number of benzene rings is 1. The van der Waals surface area contributed by atoms with Crippen molar-refractivity contribution in [2.45, 2.75) is 13.0 Å². The topological polar surface area (TPSA) is 34.1 Å². The van der Waals surface area contributed by atoms with Crippen molar-refractivity contribution in [1.82, 2.24) is 10.3 Å². The summed E-state index contributed by atoms with van der Waals surface area (Å²) in [7, 11) is 3.34. The van der Waals surface area contributed by atoms with Crippen molar-refractivity contribution >= 4 is 11.3 Å². The van der Waals surface area contributed by atoms with Gasteiger partial charge in [0.2, 0.25) is 0 Å².